The van der Waals surface area contributed by atoms with Gasteiger partial charge in [0.05, 0.1) is 0 Å². The van der Waals surface area contributed by atoms with Gasteiger partial charge < -0.3 is 4.42 Å². The number of oxazole rings is 1. The molecular formula is C24H37NO. The summed E-state index contributed by atoms with van der Waals surface area (Å²) in [6, 6.07) is 8.02. The summed E-state index contributed by atoms with van der Waals surface area (Å²) in [5.41, 5.74) is 1.89. The van der Waals surface area contributed by atoms with Gasteiger partial charge in [0.25, 0.3) is 0 Å². The van der Waals surface area contributed by atoms with E-state index in [9.17, 15) is 0 Å². The number of nitrogens with zero attached hydrogens (tertiary/aromatic N) is 1. The van der Waals surface area contributed by atoms with Crippen molar-refractivity contribution in [1.29, 1.82) is 0 Å². The molecule has 0 unspecified atom stereocenters. The normalized spacial score (nSPS) is 11.7. The van der Waals surface area contributed by atoms with Crippen LogP contribution in [0.5, 0.6) is 0 Å². The van der Waals surface area contributed by atoms with Crippen molar-refractivity contribution in [3.05, 3.63) is 42.3 Å². The minimum Gasteiger partial charge on any atom is -0.441 e. The van der Waals surface area contributed by atoms with Crippen LogP contribution in [0.2, 0.25) is 0 Å². The molecule has 0 bridgehead atoms. The largest absolute Gasteiger partial charge is 0.441 e. The molecular weight excluding hydrogens is 318 g/mol. The number of hydrogen-bond donors (Lipinski definition) is 0. The highest BCUT2D eigenvalue weighted by molar-refractivity contribution is 5.72. The Labute approximate surface area is 160 Å². The van der Waals surface area contributed by atoms with E-state index in [0.29, 0.717) is 0 Å². The molecule has 2 nitrogen and oxygen atoms in total. The van der Waals surface area contributed by atoms with Gasteiger partial charge in [0.15, 0.2) is 11.5 Å². The minimum absolute atomic E-state index is 0.892. The zero-order valence-corrected chi connectivity index (χ0v) is 16.7. The fourth-order valence-corrected chi connectivity index (χ4v) is 3.37. The predicted molar refractivity (Wildman–Crippen MR) is 113 cm³/mol. The molecule has 0 atom stereocenters. The van der Waals surface area contributed by atoms with Gasteiger partial charge in [-0.25, -0.2) is 4.98 Å². The summed E-state index contributed by atoms with van der Waals surface area (Å²) < 4.78 is 5.77. The molecule has 0 aliphatic rings. The third-order valence-electron chi connectivity index (χ3n) is 4.99. The molecule has 0 fully saturated rings. The van der Waals surface area contributed by atoms with Gasteiger partial charge in [-0.15, -0.1) is 0 Å². The Kier molecular flexibility index (Phi) is 10.9. The highest BCUT2D eigenvalue weighted by atomic mass is 16.3. The molecule has 0 aliphatic heterocycles. The van der Waals surface area contributed by atoms with Crippen molar-refractivity contribution in [1.82, 2.24) is 4.98 Å². The Hall–Kier alpha value is -1.57. The second-order valence-corrected chi connectivity index (χ2v) is 7.41. The maximum Gasteiger partial charge on any atom is 0.195 e. The lowest BCUT2D eigenvalue weighted by atomic mass is 10.1. The van der Waals surface area contributed by atoms with E-state index in [-0.39, 0.29) is 0 Å². The van der Waals surface area contributed by atoms with Crippen molar-refractivity contribution >= 4 is 11.1 Å². The van der Waals surface area contributed by atoms with E-state index in [1.54, 1.807) is 0 Å². The van der Waals surface area contributed by atoms with Crippen molar-refractivity contribution in [3.63, 3.8) is 0 Å². The molecule has 144 valence electrons. The van der Waals surface area contributed by atoms with Gasteiger partial charge in [-0.3, -0.25) is 0 Å². The second kappa shape index (κ2) is 13.6. The van der Waals surface area contributed by atoms with Gasteiger partial charge in [0.2, 0.25) is 0 Å². The Bertz CT molecular complexity index is 580. The molecule has 0 aliphatic carbocycles. The maximum absolute atomic E-state index is 5.77. The summed E-state index contributed by atoms with van der Waals surface area (Å²) in [5.74, 6) is 0.892. The van der Waals surface area contributed by atoms with Crippen molar-refractivity contribution in [2.45, 2.75) is 96.8 Å². The van der Waals surface area contributed by atoms with Crippen molar-refractivity contribution in [2.75, 3.05) is 0 Å². The van der Waals surface area contributed by atoms with Crippen LogP contribution < -0.4 is 0 Å². The fraction of sp³-hybridized carbons (Fsp3) is 0.625. The molecule has 26 heavy (non-hydrogen) atoms. The van der Waals surface area contributed by atoms with E-state index in [0.717, 1.165) is 23.4 Å². The Balaban J connectivity index is 1.38. The summed E-state index contributed by atoms with van der Waals surface area (Å²) in [4.78, 5) is 4.54. The first-order valence-electron chi connectivity index (χ1n) is 10.9. The Morgan fingerprint density at radius 1 is 0.769 bits per heavy atom. The fourth-order valence-electron chi connectivity index (χ4n) is 3.37. The Morgan fingerprint density at radius 3 is 2.08 bits per heavy atom. The molecule has 2 aromatic rings. The molecule has 0 saturated carbocycles. The first-order valence-corrected chi connectivity index (χ1v) is 10.9. The molecule has 2 rings (SSSR count). The summed E-state index contributed by atoms with van der Waals surface area (Å²) in [7, 11) is 0. The molecule has 1 heterocycles. The quantitative estimate of drug-likeness (QED) is 0.239. The minimum atomic E-state index is 0.892. The van der Waals surface area contributed by atoms with Crippen LogP contribution in [0.4, 0.5) is 0 Å². The van der Waals surface area contributed by atoms with Gasteiger partial charge in [0, 0.05) is 6.42 Å². The van der Waals surface area contributed by atoms with Crippen LogP contribution in [0, 0.1) is 0 Å². The van der Waals surface area contributed by atoms with Gasteiger partial charge in [-0.05, 0) is 44.2 Å². The molecule has 0 N–H and O–H groups in total. The third kappa shape index (κ3) is 8.69. The number of aryl methyl sites for hydroxylation is 1. The number of allylic oxidation sites excluding steroid dienone is 2. The van der Waals surface area contributed by atoms with E-state index in [4.69, 9.17) is 4.42 Å². The zero-order valence-electron chi connectivity index (χ0n) is 16.7. The molecule has 1 aromatic carbocycles. The summed E-state index contributed by atoms with van der Waals surface area (Å²) in [6.07, 6.45) is 23.1. The maximum atomic E-state index is 5.77. The average molecular weight is 356 g/mol. The first kappa shape index (κ1) is 20.7. The van der Waals surface area contributed by atoms with Gasteiger partial charge >= 0.3 is 0 Å². The molecule has 0 radical (unpaired) electrons. The van der Waals surface area contributed by atoms with Crippen molar-refractivity contribution in [2.24, 2.45) is 0 Å². The van der Waals surface area contributed by atoms with Crippen LogP contribution in [0.25, 0.3) is 11.1 Å². The number of rotatable bonds is 15. The second-order valence-electron chi connectivity index (χ2n) is 7.41. The molecule has 1 aromatic heterocycles. The zero-order chi connectivity index (χ0) is 18.3. The lowest BCUT2D eigenvalue weighted by Crippen LogP contribution is -1.86. The number of unbranched alkanes of at least 4 members (excludes halogenated alkanes) is 11. The lowest BCUT2D eigenvalue weighted by Gasteiger charge is -1.99. The van der Waals surface area contributed by atoms with Gasteiger partial charge in [-0.1, -0.05) is 82.6 Å². The predicted octanol–water partition coefficient (Wildman–Crippen LogP) is 8.02. The smallest absolute Gasteiger partial charge is 0.195 e. The van der Waals surface area contributed by atoms with E-state index in [1.165, 1.54) is 83.5 Å². The monoisotopic (exact) mass is 355 g/mol. The van der Waals surface area contributed by atoms with Crippen LogP contribution >= 0.6 is 0 Å². The van der Waals surface area contributed by atoms with Crippen LogP contribution in [0.1, 0.15) is 96.3 Å². The summed E-state index contributed by atoms with van der Waals surface area (Å²) in [5, 5.41) is 0. The lowest BCUT2D eigenvalue weighted by molar-refractivity contribution is 0.506. The highest BCUT2D eigenvalue weighted by Crippen LogP contribution is 2.17. The average Bonchev–Trinajstić information content (AvgIpc) is 3.07. The van der Waals surface area contributed by atoms with Crippen molar-refractivity contribution in [3.8, 4) is 0 Å². The number of para-hydroxylation sites is 2. The highest BCUT2D eigenvalue weighted by Gasteiger charge is 2.04. The summed E-state index contributed by atoms with van der Waals surface area (Å²) in [6.45, 7) is 2.28. The van der Waals surface area contributed by atoms with Crippen LogP contribution in [0.15, 0.2) is 40.8 Å². The van der Waals surface area contributed by atoms with E-state index < -0.39 is 0 Å². The van der Waals surface area contributed by atoms with Gasteiger partial charge in [-0.2, -0.15) is 0 Å². The van der Waals surface area contributed by atoms with Crippen molar-refractivity contribution < 1.29 is 4.42 Å². The van der Waals surface area contributed by atoms with E-state index in [2.05, 4.69) is 24.1 Å². The molecule has 2 heteroatoms. The number of fused-ring (bicyclic) bond motifs is 1. The number of benzene rings is 1. The van der Waals surface area contributed by atoms with Gasteiger partial charge in [0.1, 0.15) is 5.52 Å². The number of hydrogen-bond acceptors (Lipinski definition) is 2. The van der Waals surface area contributed by atoms with Crippen LogP contribution in [0.3, 0.4) is 0 Å². The third-order valence-corrected chi connectivity index (χ3v) is 4.99. The SMILES string of the molecule is CCCCCCCC/C=C\CCCCCCCc1nc2ccccc2o1. The topological polar surface area (TPSA) is 26.0 Å². The van der Waals surface area contributed by atoms with E-state index in [1.807, 2.05) is 24.3 Å². The van der Waals surface area contributed by atoms with Crippen LogP contribution in [-0.4, -0.2) is 4.98 Å². The summed E-state index contributed by atoms with van der Waals surface area (Å²) >= 11 is 0. The molecule has 0 spiro atoms. The standard InChI is InChI=1S/C24H37NO/c1-2-3-4-5-6-7-8-9-10-11-12-13-14-15-16-21-24-25-22-19-17-18-20-23(22)26-24/h9-10,17-20H,2-8,11-16,21H2,1H3/b10-9-. The molecule has 0 amide bonds. The van der Waals surface area contributed by atoms with Crippen LogP contribution in [-0.2, 0) is 6.42 Å². The Morgan fingerprint density at radius 2 is 1.38 bits per heavy atom. The first-order chi connectivity index (χ1) is 12.9. The molecule has 0 saturated heterocycles. The number of aromatic nitrogens is 1. The van der Waals surface area contributed by atoms with E-state index >= 15 is 0 Å².